The Balaban J connectivity index is 3.89. The first-order valence-corrected chi connectivity index (χ1v) is 8.02. The van der Waals surface area contributed by atoms with Gasteiger partial charge in [-0.2, -0.15) is 0 Å². The molecule has 0 aliphatic rings. The second-order valence-electron chi connectivity index (χ2n) is 5.29. The number of hydrogen-bond donors (Lipinski definition) is 1. The first-order valence-electron chi connectivity index (χ1n) is 6.29. The van der Waals surface area contributed by atoms with Gasteiger partial charge in [-0.25, -0.2) is 4.79 Å². The summed E-state index contributed by atoms with van der Waals surface area (Å²) in [4.78, 5) is 22.9. The van der Waals surface area contributed by atoms with Crippen molar-refractivity contribution < 1.29 is 27.9 Å². The second-order valence-corrected chi connectivity index (χ2v) is 7.56. The van der Waals surface area contributed by atoms with E-state index in [-0.39, 0.29) is 30.5 Å². The lowest BCUT2D eigenvalue weighted by Crippen LogP contribution is -2.41. The molecule has 0 heterocycles. The van der Waals surface area contributed by atoms with Gasteiger partial charge in [-0.1, -0.05) is 0 Å². The van der Waals surface area contributed by atoms with Crippen LogP contribution in [-0.2, 0) is 23.1 Å². The molecule has 0 aromatic rings. The van der Waals surface area contributed by atoms with Crippen molar-refractivity contribution in [3.63, 3.8) is 0 Å². The highest BCUT2D eigenvalue weighted by Gasteiger charge is 2.25. The molecule has 1 amide bonds. The van der Waals surface area contributed by atoms with Gasteiger partial charge in [-0.3, -0.25) is 9.36 Å². The number of carbonyl (C=O) groups is 2. The fourth-order valence-electron chi connectivity index (χ4n) is 1.28. The first-order chi connectivity index (χ1) is 9.12. The van der Waals surface area contributed by atoms with Crippen LogP contribution in [0.4, 0.5) is 4.79 Å². The summed E-state index contributed by atoms with van der Waals surface area (Å²) in [5.41, 5.74) is -0.365. The lowest BCUT2D eigenvalue weighted by Gasteiger charge is -2.19. The molecule has 1 N–H and O–H groups in total. The molecule has 0 aliphatic heterocycles. The smallest absolute Gasteiger partial charge is 0.407 e. The molecule has 0 saturated carbocycles. The summed E-state index contributed by atoms with van der Waals surface area (Å²) < 4.78 is 26.0. The molecule has 0 spiro atoms. The molecule has 20 heavy (non-hydrogen) atoms. The lowest BCUT2D eigenvalue weighted by molar-refractivity contribution is -0.117. The Bertz CT molecular complexity index is 369. The molecule has 8 heteroatoms. The van der Waals surface area contributed by atoms with Crippen molar-refractivity contribution in [3.8, 4) is 0 Å². The molecular formula is C12H24NO6P. The number of Topliss-reactive ketones (excluding diaryl/α,β-unsaturated/α-hetero) is 1. The second kappa shape index (κ2) is 8.39. The van der Waals surface area contributed by atoms with Gasteiger partial charge in [0.15, 0.2) is 0 Å². The maximum absolute atomic E-state index is 11.7. The predicted molar refractivity (Wildman–Crippen MR) is 75.0 cm³/mol. The largest absolute Gasteiger partial charge is 0.450 e. The number of amides is 1. The Labute approximate surface area is 119 Å². The summed E-state index contributed by atoms with van der Waals surface area (Å²) in [7, 11) is -0.835. The van der Waals surface area contributed by atoms with E-state index in [9.17, 15) is 14.2 Å². The zero-order chi connectivity index (χ0) is 15.8. The number of alkyl carbamates (subject to hydrolysis) is 1. The Morgan fingerprint density at radius 2 is 1.70 bits per heavy atom. The molecular weight excluding hydrogens is 285 g/mol. The number of hydrogen-bond acceptors (Lipinski definition) is 6. The summed E-state index contributed by atoms with van der Waals surface area (Å²) in [6.45, 7) is 5.64. The molecule has 118 valence electrons. The topological polar surface area (TPSA) is 90.9 Å². The normalized spacial score (nSPS) is 12.1. The fourth-order valence-corrected chi connectivity index (χ4v) is 2.27. The van der Waals surface area contributed by atoms with E-state index in [0.29, 0.717) is 6.42 Å². The number of nitrogens with one attached hydrogen (secondary N) is 1. The molecule has 0 aromatic carbocycles. The van der Waals surface area contributed by atoms with Crippen molar-refractivity contribution in [2.24, 2.45) is 0 Å². The highest BCUT2D eigenvalue weighted by atomic mass is 31.2. The average Bonchev–Trinajstić information content (AvgIpc) is 2.32. The van der Waals surface area contributed by atoms with Crippen LogP contribution in [0.25, 0.3) is 0 Å². The quantitative estimate of drug-likeness (QED) is 0.546. The Morgan fingerprint density at radius 3 is 2.15 bits per heavy atom. The van der Waals surface area contributed by atoms with Gasteiger partial charge in [0.2, 0.25) is 0 Å². The lowest BCUT2D eigenvalue weighted by atomic mass is 10.1. The monoisotopic (exact) mass is 309 g/mol. The maximum atomic E-state index is 11.7. The van der Waals surface area contributed by atoms with Crippen LogP contribution in [0.15, 0.2) is 0 Å². The van der Waals surface area contributed by atoms with Crippen molar-refractivity contribution in [1.29, 1.82) is 0 Å². The van der Waals surface area contributed by atoms with Crippen molar-refractivity contribution in [2.45, 2.75) is 39.2 Å². The Kier molecular flexibility index (Phi) is 8.01. The van der Waals surface area contributed by atoms with Gasteiger partial charge in [0.1, 0.15) is 11.9 Å². The highest BCUT2D eigenvalue weighted by Crippen LogP contribution is 2.46. The van der Waals surface area contributed by atoms with E-state index in [1.54, 1.807) is 0 Å². The van der Waals surface area contributed by atoms with E-state index in [0.717, 1.165) is 0 Å². The van der Waals surface area contributed by atoms with Gasteiger partial charge in [0.05, 0.1) is 6.61 Å². The van der Waals surface area contributed by atoms with E-state index in [1.165, 1.54) is 14.2 Å². The summed E-state index contributed by atoms with van der Waals surface area (Å²) in [6.07, 6.45) is -0.276. The van der Waals surface area contributed by atoms with Crippen molar-refractivity contribution >= 4 is 19.5 Å². The van der Waals surface area contributed by atoms with Gasteiger partial charge in [0.25, 0.3) is 0 Å². The van der Waals surface area contributed by atoms with Crippen molar-refractivity contribution in [2.75, 3.05) is 27.0 Å². The molecule has 0 aliphatic carbocycles. The van der Waals surface area contributed by atoms with E-state index in [4.69, 9.17) is 4.74 Å². The molecule has 0 unspecified atom stereocenters. The number of ketones is 1. The predicted octanol–water partition coefficient (Wildman–Crippen LogP) is 2.35. The van der Waals surface area contributed by atoms with Crippen LogP contribution in [0.5, 0.6) is 0 Å². The number of carbonyl (C=O) groups excluding carboxylic acids is 2. The first kappa shape index (κ1) is 19.1. The zero-order valence-corrected chi connectivity index (χ0v) is 13.6. The molecule has 7 nitrogen and oxygen atoms in total. The van der Waals surface area contributed by atoms with E-state index in [1.807, 2.05) is 20.8 Å². The van der Waals surface area contributed by atoms with Crippen LogP contribution >= 0.6 is 7.60 Å². The van der Waals surface area contributed by atoms with Crippen LogP contribution in [0.2, 0.25) is 0 Å². The Hall–Kier alpha value is -0.910. The van der Waals surface area contributed by atoms with Gasteiger partial charge in [-0.05, 0) is 27.2 Å². The molecule has 0 bridgehead atoms. The summed E-state index contributed by atoms with van der Waals surface area (Å²) in [6, 6.07) is 0. The van der Waals surface area contributed by atoms with E-state index in [2.05, 4.69) is 14.4 Å². The fraction of sp³-hybridized carbons (Fsp3) is 0.833. The van der Waals surface area contributed by atoms with Crippen LogP contribution in [-0.4, -0.2) is 44.4 Å². The third-order valence-corrected chi connectivity index (χ3v) is 4.09. The number of ether oxygens (including phenoxy) is 1. The van der Waals surface area contributed by atoms with E-state index >= 15 is 0 Å². The number of rotatable bonds is 8. The molecule has 0 atom stereocenters. The molecule has 0 saturated heterocycles. The minimum atomic E-state index is -3.30. The zero-order valence-electron chi connectivity index (χ0n) is 12.7. The summed E-state index contributed by atoms with van der Waals surface area (Å²) >= 11 is 0. The molecule has 0 rings (SSSR count). The minimum Gasteiger partial charge on any atom is -0.450 e. The minimum absolute atomic E-state index is 0.123. The van der Waals surface area contributed by atoms with Gasteiger partial charge >= 0.3 is 13.7 Å². The van der Waals surface area contributed by atoms with Crippen LogP contribution in [0, 0.1) is 0 Å². The van der Waals surface area contributed by atoms with Crippen LogP contribution in [0.3, 0.4) is 0 Å². The molecule has 0 fully saturated rings. The molecule has 0 radical (unpaired) electrons. The highest BCUT2D eigenvalue weighted by molar-refractivity contribution is 7.54. The van der Waals surface area contributed by atoms with Crippen molar-refractivity contribution in [1.82, 2.24) is 5.32 Å². The van der Waals surface area contributed by atoms with Gasteiger partial charge < -0.3 is 19.1 Å². The maximum Gasteiger partial charge on any atom is 0.407 e. The van der Waals surface area contributed by atoms with Gasteiger partial charge in [-0.15, -0.1) is 0 Å². The summed E-state index contributed by atoms with van der Waals surface area (Å²) in [5, 5.41) is 2.63. The standard InChI is InChI=1S/C12H24NO6P/c1-12(2,3)13-11(15)19-8-6-7-10(14)9-20(16,17-4)18-5/h6-9H2,1-5H3,(H,13,15). The molecule has 0 aromatic heterocycles. The Morgan fingerprint density at radius 1 is 1.15 bits per heavy atom. The third-order valence-electron chi connectivity index (χ3n) is 2.24. The average molecular weight is 309 g/mol. The van der Waals surface area contributed by atoms with Gasteiger partial charge in [0, 0.05) is 26.2 Å². The summed E-state index contributed by atoms with van der Waals surface area (Å²) in [5.74, 6) is -0.253. The van der Waals surface area contributed by atoms with E-state index < -0.39 is 13.7 Å². The van der Waals surface area contributed by atoms with Crippen LogP contribution in [0.1, 0.15) is 33.6 Å². The third kappa shape index (κ3) is 9.07. The van der Waals surface area contributed by atoms with Crippen molar-refractivity contribution in [3.05, 3.63) is 0 Å². The van der Waals surface area contributed by atoms with Crippen LogP contribution < -0.4 is 5.32 Å². The SMILES string of the molecule is COP(=O)(CC(=O)CCCOC(=O)NC(C)(C)C)OC.